The molecule has 0 aromatic carbocycles. The van der Waals surface area contributed by atoms with Crippen molar-refractivity contribution in [3.8, 4) is 0 Å². The molecule has 4 N–H and O–H groups in total. The number of aromatic amines is 1. The summed E-state index contributed by atoms with van der Waals surface area (Å²) in [6.07, 6.45) is 6.68. The van der Waals surface area contributed by atoms with Gasteiger partial charge in [-0.3, -0.25) is 10.7 Å². The van der Waals surface area contributed by atoms with Gasteiger partial charge >= 0.3 is 0 Å². The SMILES string of the molecule is ONC(=NNC1CCC1)c1ccnc2nc[nH]c12. The first-order chi connectivity index (χ1) is 8.88. The summed E-state index contributed by atoms with van der Waals surface area (Å²) in [5.74, 6) is 0.360. The van der Waals surface area contributed by atoms with E-state index < -0.39 is 0 Å². The number of pyridine rings is 1. The van der Waals surface area contributed by atoms with Crippen LogP contribution in [-0.2, 0) is 0 Å². The molecular weight excluding hydrogens is 232 g/mol. The molecule has 0 saturated heterocycles. The van der Waals surface area contributed by atoms with Gasteiger partial charge in [0.25, 0.3) is 0 Å². The maximum absolute atomic E-state index is 9.20. The van der Waals surface area contributed by atoms with Gasteiger partial charge in [0.2, 0.25) is 0 Å². The van der Waals surface area contributed by atoms with E-state index in [0.717, 1.165) is 23.9 Å². The lowest BCUT2D eigenvalue weighted by Gasteiger charge is -2.24. The first kappa shape index (κ1) is 11.0. The zero-order valence-corrected chi connectivity index (χ0v) is 9.72. The number of nitrogens with one attached hydrogen (secondary N) is 3. The fourth-order valence-corrected chi connectivity index (χ4v) is 1.88. The number of H-pyrrole nitrogens is 1. The highest BCUT2D eigenvalue weighted by molar-refractivity contribution is 6.06. The molecule has 0 unspecified atom stereocenters. The van der Waals surface area contributed by atoms with E-state index in [0.29, 0.717) is 17.5 Å². The fourth-order valence-electron chi connectivity index (χ4n) is 1.88. The highest BCUT2D eigenvalue weighted by Crippen LogP contribution is 2.18. The quantitative estimate of drug-likeness (QED) is 0.364. The minimum absolute atomic E-state index is 0.360. The average molecular weight is 246 g/mol. The predicted octanol–water partition coefficient (Wildman–Crippen LogP) is 0.740. The van der Waals surface area contributed by atoms with Crippen LogP contribution in [0.4, 0.5) is 0 Å². The number of fused-ring (bicyclic) bond motifs is 1. The number of aromatic nitrogens is 3. The van der Waals surface area contributed by atoms with Crippen molar-refractivity contribution >= 4 is 17.0 Å². The number of hydroxylamine groups is 1. The summed E-state index contributed by atoms with van der Waals surface area (Å²) in [6, 6.07) is 2.18. The molecule has 7 nitrogen and oxygen atoms in total. The number of hydrogen-bond acceptors (Lipinski definition) is 5. The van der Waals surface area contributed by atoms with Gasteiger partial charge < -0.3 is 10.4 Å². The summed E-state index contributed by atoms with van der Waals surface area (Å²) >= 11 is 0. The van der Waals surface area contributed by atoms with E-state index in [2.05, 4.69) is 31.0 Å². The number of nitrogens with zero attached hydrogens (tertiary/aromatic N) is 3. The van der Waals surface area contributed by atoms with Gasteiger partial charge in [0.05, 0.1) is 11.8 Å². The molecule has 7 heteroatoms. The molecule has 18 heavy (non-hydrogen) atoms. The maximum Gasteiger partial charge on any atom is 0.178 e. The van der Waals surface area contributed by atoms with Gasteiger partial charge in [-0.15, -0.1) is 0 Å². The molecule has 0 radical (unpaired) electrons. The van der Waals surface area contributed by atoms with Gasteiger partial charge in [0.15, 0.2) is 11.5 Å². The first-order valence-electron chi connectivity index (χ1n) is 5.90. The van der Waals surface area contributed by atoms with Crippen molar-refractivity contribution in [1.82, 2.24) is 25.9 Å². The zero-order valence-electron chi connectivity index (χ0n) is 9.72. The molecule has 3 rings (SSSR count). The number of amidine groups is 1. The summed E-state index contributed by atoms with van der Waals surface area (Å²) in [4.78, 5) is 11.2. The van der Waals surface area contributed by atoms with Gasteiger partial charge in [-0.05, 0) is 25.3 Å². The second-order valence-electron chi connectivity index (χ2n) is 4.29. The lowest BCUT2D eigenvalue weighted by molar-refractivity contribution is 0.233. The minimum atomic E-state index is 0.360. The molecule has 1 fully saturated rings. The van der Waals surface area contributed by atoms with E-state index in [4.69, 9.17) is 0 Å². The third-order valence-electron chi connectivity index (χ3n) is 3.15. The van der Waals surface area contributed by atoms with Crippen molar-refractivity contribution in [2.24, 2.45) is 5.10 Å². The van der Waals surface area contributed by atoms with Crippen molar-refractivity contribution in [3.05, 3.63) is 24.2 Å². The molecule has 0 amide bonds. The largest absolute Gasteiger partial charge is 0.343 e. The predicted molar refractivity (Wildman–Crippen MR) is 66.1 cm³/mol. The Labute approximate surface area is 103 Å². The van der Waals surface area contributed by atoms with E-state index in [9.17, 15) is 5.21 Å². The lowest BCUT2D eigenvalue weighted by Crippen LogP contribution is -2.34. The molecular formula is C11H14N6O. The van der Waals surface area contributed by atoms with Crippen molar-refractivity contribution in [2.75, 3.05) is 0 Å². The Morgan fingerprint density at radius 3 is 3.06 bits per heavy atom. The van der Waals surface area contributed by atoms with Crippen LogP contribution in [-0.4, -0.2) is 32.0 Å². The van der Waals surface area contributed by atoms with E-state index in [1.807, 2.05) is 0 Å². The Kier molecular flexibility index (Phi) is 2.81. The highest BCUT2D eigenvalue weighted by Gasteiger charge is 2.17. The van der Waals surface area contributed by atoms with Crippen LogP contribution in [0.3, 0.4) is 0 Å². The maximum atomic E-state index is 9.20. The van der Waals surface area contributed by atoms with Gasteiger partial charge in [-0.25, -0.2) is 9.97 Å². The van der Waals surface area contributed by atoms with Crippen LogP contribution in [0.5, 0.6) is 0 Å². The average Bonchev–Trinajstić information content (AvgIpc) is 2.80. The zero-order chi connectivity index (χ0) is 12.4. The Morgan fingerprint density at radius 1 is 1.44 bits per heavy atom. The third kappa shape index (κ3) is 1.88. The van der Waals surface area contributed by atoms with Crippen molar-refractivity contribution in [3.63, 3.8) is 0 Å². The van der Waals surface area contributed by atoms with Crippen LogP contribution in [0.2, 0.25) is 0 Å². The van der Waals surface area contributed by atoms with E-state index in [-0.39, 0.29) is 0 Å². The van der Waals surface area contributed by atoms with Crippen molar-refractivity contribution < 1.29 is 5.21 Å². The van der Waals surface area contributed by atoms with Crippen LogP contribution >= 0.6 is 0 Å². The molecule has 1 aliphatic rings. The Bertz CT molecular complexity index is 574. The normalized spacial score (nSPS) is 16.6. The lowest BCUT2D eigenvalue weighted by atomic mass is 9.94. The van der Waals surface area contributed by atoms with Crippen molar-refractivity contribution in [1.29, 1.82) is 0 Å². The van der Waals surface area contributed by atoms with E-state index >= 15 is 0 Å². The topological polar surface area (TPSA) is 98.2 Å². The summed E-state index contributed by atoms with van der Waals surface area (Å²) in [6.45, 7) is 0. The second kappa shape index (κ2) is 4.61. The number of hydrazone groups is 1. The van der Waals surface area contributed by atoms with E-state index in [1.54, 1.807) is 18.6 Å². The number of rotatable bonds is 3. The number of hydrogen-bond donors (Lipinski definition) is 4. The molecule has 0 bridgehead atoms. The highest BCUT2D eigenvalue weighted by atomic mass is 16.5. The summed E-state index contributed by atoms with van der Waals surface area (Å²) in [7, 11) is 0. The van der Waals surface area contributed by atoms with Gasteiger partial charge in [-0.1, -0.05) is 0 Å². The summed E-state index contributed by atoms with van der Waals surface area (Å²) in [5.41, 5.74) is 7.22. The van der Waals surface area contributed by atoms with Gasteiger partial charge in [-0.2, -0.15) is 5.10 Å². The molecule has 0 aliphatic heterocycles. The first-order valence-corrected chi connectivity index (χ1v) is 5.90. The van der Waals surface area contributed by atoms with E-state index in [1.165, 1.54) is 6.42 Å². The number of imidazole rings is 1. The molecule has 2 heterocycles. The van der Waals surface area contributed by atoms with Crippen molar-refractivity contribution in [2.45, 2.75) is 25.3 Å². The van der Waals surface area contributed by atoms with Crippen LogP contribution < -0.4 is 10.9 Å². The third-order valence-corrected chi connectivity index (χ3v) is 3.15. The Balaban J connectivity index is 1.92. The molecule has 0 spiro atoms. The fraction of sp³-hybridized carbons (Fsp3) is 0.364. The van der Waals surface area contributed by atoms with Crippen LogP contribution in [0.1, 0.15) is 24.8 Å². The monoisotopic (exact) mass is 246 g/mol. The molecule has 94 valence electrons. The van der Waals surface area contributed by atoms with Gasteiger partial charge in [0, 0.05) is 17.8 Å². The van der Waals surface area contributed by atoms with Crippen LogP contribution in [0.15, 0.2) is 23.7 Å². The van der Waals surface area contributed by atoms with Crippen LogP contribution in [0.25, 0.3) is 11.2 Å². The minimum Gasteiger partial charge on any atom is -0.343 e. The summed E-state index contributed by atoms with van der Waals surface area (Å²) in [5, 5.41) is 13.4. The van der Waals surface area contributed by atoms with Crippen LogP contribution in [0, 0.1) is 0 Å². The molecule has 1 aliphatic carbocycles. The molecule has 2 aromatic heterocycles. The summed E-state index contributed by atoms with van der Waals surface area (Å²) < 4.78 is 0. The molecule has 0 atom stereocenters. The smallest absolute Gasteiger partial charge is 0.178 e. The standard InChI is InChI=1S/C11H14N6O/c18-17-10(16-15-7-2-1-3-7)8-4-5-12-11-9(8)13-6-14-11/h4-7,15,18H,1-3H2,(H,16,17)(H,12,13,14). The second-order valence-corrected chi connectivity index (χ2v) is 4.29. The molecule has 1 saturated carbocycles. The molecule has 2 aromatic rings. The Hall–Kier alpha value is -2.15. The Morgan fingerprint density at radius 2 is 2.33 bits per heavy atom. The van der Waals surface area contributed by atoms with Gasteiger partial charge in [0.1, 0.15) is 0 Å².